The minimum absolute atomic E-state index is 0.136. The number of carbonyl (C=O) groups is 1. The summed E-state index contributed by atoms with van der Waals surface area (Å²) in [4.78, 5) is 12.7. The van der Waals surface area contributed by atoms with E-state index in [2.05, 4.69) is 13.5 Å². The van der Waals surface area contributed by atoms with E-state index in [1.807, 2.05) is 4.90 Å². The molecule has 0 radical (unpaired) electrons. The zero-order valence-electron chi connectivity index (χ0n) is 10.2. The Morgan fingerprint density at radius 3 is 2.88 bits per heavy atom. The second kappa shape index (κ2) is 6.69. The van der Waals surface area contributed by atoms with Crippen LogP contribution in [0.15, 0.2) is 12.7 Å². The second-order valence-corrected chi connectivity index (χ2v) is 5.01. The zero-order valence-corrected chi connectivity index (χ0v) is 10.2. The van der Waals surface area contributed by atoms with Crippen LogP contribution in [0.25, 0.3) is 0 Å². The van der Waals surface area contributed by atoms with Gasteiger partial charge in [-0.3, -0.25) is 9.69 Å². The van der Waals surface area contributed by atoms with Crippen LogP contribution in [0.3, 0.4) is 0 Å². The van der Waals surface area contributed by atoms with Crippen molar-refractivity contribution in [2.24, 2.45) is 11.8 Å². The molecule has 0 aromatic heterocycles. The van der Waals surface area contributed by atoms with E-state index in [4.69, 9.17) is 5.11 Å². The Morgan fingerprint density at radius 1 is 1.56 bits per heavy atom. The van der Waals surface area contributed by atoms with Crippen molar-refractivity contribution in [1.29, 1.82) is 0 Å². The molecule has 3 nitrogen and oxygen atoms in total. The van der Waals surface area contributed by atoms with Crippen LogP contribution in [0.4, 0.5) is 0 Å². The van der Waals surface area contributed by atoms with E-state index in [0.717, 1.165) is 12.5 Å². The van der Waals surface area contributed by atoms with Crippen LogP contribution in [0.5, 0.6) is 0 Å². The van der Waals surface area contributed by atoms with Crippen molar-refractivity contribution in [2.45, 2.75) is 32.6 Å². The summed E-state index contributed by atoms with van der Waals surface area (Å²) in [5.41, 5.74) is 0. The number of aliphatic carboxylic acids is 1. The Morgan fingerprint density at radius 2 is 2.31 bits per heavy atom. The van der Waals surface area contributed by atoms with Crippen LogP contribution in [0.1, 0.15) is 32.6 Å². The molecule has 0 saturated heterocycles. The maximum atomic E-state index is 10.7. The molecule has 1 N–H and O–H groups in total. The lowest BCUT2D eigenvalue weighted by Gasteiger charge is -2.30. The number of hydrogen-bond donors (Lipinski definition) is 1. The lowest BCUT2D eigenvalue weighted by molar-refractivity contribution is -0.138. The molecule has 0 aromatic carbocycles. The predicted molar refractivity (Wildman–Crippen MR) is 65.4 cm³/mol. The molecule has 0 aromatic rings. The molecular weight excluding hydrogens is 202 g/mol. The lowest BCUT2D eigenvalue weighted by Crippen LogP contribution is -2.35. The second-order valence-electron chi connectivity index (χ2n) is 5.01. The van der Waals surface area contributed by atoms with Gasteiger partial charge in [0.2, 0.25) is 0 Å². The van der Waals surface area contributed by atoms with Gasteiger partial charge in [-0.05, 0) is 24.7 Å². The summed E-state index contributed by atoms with van der Waals surface area (Å²) in [7, 11) is 0. The summed E-state index contributed by atoms with van der Waals surface area (Å²) < 4.78 is 0. The van der Waals surface area contributed by atoms with Crippen molar-refractivity contribution in [1.82, 2.24) is 4.90 Å². The number of rotatable bonds is 6. The van der Waals surface area contributed by atoms with Gasteiger partial charge in [-0.2, -0.15) is 0 Å². The Labute approximate surface area is 98.1 Å². The first-order valence-electron chi connectivity index (χ1n) is 6.17. The average Bonchev–Trinajstić information content (AvgIpc) is 2.16. The van der Waals surface area contributed by atoms with Gasteiger partial charge < -0.3 is 5.11 Å². The Kier molecular flexibility index (Phi) is 5.53. The molecule has 16 heavy (non-hydrogen) atoms. The summed E-state index contributed by atoms with van der Waals surface area (Å²) in [5.74, 6) is 0.725. The third-order valence-corrected chi connectivity index (χ3v) is 3.31. The van der Waals surface area contributed by atoms with Crippen molar-refractivity contribution < 1.29 is 9.90 Å². The van der Waals surface area contributed by atoms with E-state index < -0.39 is 5.97 Å². The highest BCUT2D eigenvalue weighted by Gasteiger charge is 2.21. The summed E-state index contributed by atoms with van der Waals surface area (Å²) in [6.45, 7) is 7.69. The fraction of sp³-hybridized carbons (Fsp3) is 0.769. The molecule has 3 heteroatoms. The number of hydrogen-bond acceptors (Lipinski definition) is 2. The van der Waals surface area contributed by atoms with Crippen molar-refractivity contribution in [3.63, 3.8) is 0 Å². The fourth-order valence-corrected chi connectivity index (χ4v) is 2.67. The minimum Gasteiger partial charge on any atom is -0.480 e. The molecule has 0 aliphatic heterocycles. The molecule has 1 aliphatic carbocycles. The van der Waals surface area contributed by atoms with Crippen LogP contribution in [-0.4, -0.2) is 35.6 Å². The van der Waals surface area contributed by atoms with Crippen molar-refractivity contribution in [3.05, 3.63) is 12.7 Å². The van der Waals surface area contributed by atoms with Gasteiger partial charge in [0.15, 0.2) is 0 Å². The Bertz CT molecular complexity index is 240. The van der Waals surface area contributed by atoms with Gasteiger partial charge in [0.25, 0.3) is 0 Å². The SMILES string of the molecule is C=CCN(CC(=O)O)CC1CCCC(C)C1. The van der Waals surface area contributed by atoms with Gasteiger partial charge in [0.1, 0.15) is 0 Å². The highest BCUT2D eigenvalue weighted by atomic mass is 16.4. The molecule has 2 unspecified atom stereocenters. The first kappa shape index (κ1) is 13.2. The molecule has 0 spiro atoms. The third-order valence-electron chi connectivity index (χ3n) is 3.31. The van der Waals surface area contributed by atoms with Crippen molar-refractivity contribution in [2.75, 3.05) is 19.6 Å². The highest BCUT2D eigenvalue weighted by Crippen LogP contribution is 2.28. The molecule has 92 valence electrons. The Hall–Kier alpha value is -0.830. The molecule has 1 rings (SSSR count). The van der Waals surface area contributed by atoms with E-state index >= 15 is 0 Å². The molecule has 2 atom stereocenters. The lowest BCUT2D eigenvalue weighted by atomic mass is 9.82. The van der Waals surface area contributed by atoms with Crippen LogP contribution in [0.2, 0.25) is 0 Å². The largest absolute Gasteiger partial charge is 0.480 e. The van der Waals surface area contributed by atoms with Gasteiger partial charge >= 0.3 is 5.97 Å². The van der Waals surface area contributed by atoms with E-state index in [0.29, 0.717) is 12.5 Å². The van der Waals surface area contributed by atoms with Gasteiger partial charge in [-0.25, -0.2) is 0 Å². The molecule has 0 amide bonds. The molecule has 1 saturated carbocycles. The van der Waals surface area contributed by atoms with Crippen molar-refractivity contribution >= 4 is 5.97 Å². The van der Waals surface area contributed by atoms with E-state index in [1.54, 1.807) is 6.08 Å². The number of carboxylic acids is 1. The maximum Gasteiger partial charge on any atom is 0.317 e. The highest BCUT2D eigenvalue weighted by molar-refractivity contribution is 5.69. The molecule has 1 aliphatic rings. The van der Waals surface area contributed by atoms with E-state index in [-0.39, 0.29) is 6.54 Å². The zero-order chi connectivity index (χ0) is 12.0. The summed E-state index contributed by atoms with van der Waals surface area (Å²) in [6.07, 6.45) is 6.90. The third kappa shape index (κ3) is 4.79. The van der Waals surface area contributed by atoms with Crippen LogP contribution in [-0.2, 0) is 4.79 Å². The summed E-state index contributed by atoms with van der Waals surface area (Å²) in [5, 5.41) is 8.82. The first-order chi connectivity index (χ1) is 7.61. The van der Waals surface area contributed by atoms with Crippen LogP contribution in [0, 0.1) is 11.8 Å². The summed E-state index contributed by atoms with van der Waals surface area (Å²) >= 11 is 0. The topological polar surface area (TPSA) is 40.5 Å². The fourth-order valence-electron chi connectivity index (χ4n) is 2.67. The first-order valence-corrected chi connectivity index (χ1v) is 6.17. The molecule has 0 bridgehead atoms. The summed E-state index contributed by atoms with van der Waals surface area (Å²) in [6, 6.07) is 0. The van der Waals surface area contributed by atoms with Crippen LogP contribution < -0.4 is 0 Å². The molecule has 1 fully saturated rings. The quantitative estimate of drug-likeness (QED) is 0.706. The van der Waals surface area contributed by atoms with E-state index in [1.165, 1.54) is 25.7 Å². The van der Waals surface area contributed by atoms with Gasteiger partial charge in [0.05, 0.1) is 6.54 Å². The van der Waals surface area contributed by atoms with Gasteiger partial charge in [0, 0.05) is 13.1 Å². The standard InChI is InChI=1S/C13H23NO2/c1-3-7-14(10-13(15)16)9-12-6-4-5-11(2)8-12/h3,11-12H,1,4-10H2,2H3,(H,15,16). The normalized spacial score (nSPS) is 25.6. The molecular formula is C13H23NO2. The van der Waals surface area contributed by atoms with E-state index in [9.17, 15) is 4.79 Å². The van der Waals surface area contributed by atoms with Crippen LogP contribution >= 0.6 is 0 Å². The predicted octanol–water partition coefficient (Wildman–Crippen LogP) is 2.39. The van der Waals surface area contributed by atoms with Gasteiger partial charge in [-0.15, -0.1) is 6.58 Å². The number of carboxylic acid groups (broad SMARTS) is 1. The minimum atomic E-state index is -0.745. The Balaban J connectivity index is 2.40. The average molecular weight is 225 g/mol. The van der Waals surface area contributed by atoms with Gasteiger partial charge in [-0.1, -0.05) is 25.8 Å². The smallest absolute Gasteiger partial charge is 0.317 e. The maximum absolute atomic E-state index is 10.7. The number of nitrogens with zero attached hydrogens (tertiary/aromatic N) is 1. The monoisotopic (exact) mass is 225 g/mol. The van der Waals surface area contributed by atoms with Crippen molar-refractivity contribution in [3.8, 4) is 0 Å². The molecule has 0 heterocycles.